The Labute approximate surface area is 162 Å². The molecular formula is C25H33P. The van der Waals surface area contributed by atoms with Crippen LogP contribution in [0.2, 0.25) is 0 Å². The summed E-state index contributed by atoms with van der Waals surface area (Å²) in [6, 6.07) is 15.5. The molecule has 0 spiro atoms. The van der Waals surface area contributed by atoms with Crippen LogP contribution in [0.5, 0.6) is 0 Å². The van der Waals surface area contributed by atoms with Gasteiger partial charge in [-0.15, -0.1) is 0 Å². The highest BCUT2D eigenvalue weighted by Crippen LogP contribution is 2.32. The summed E-state index contributed by atoms with van der Waals surface area (Å²) in [5.74, 6) is 0. The number of hydrogen-bond donors (Lipinski definition) is 0. The molecule has 0 radical (unpaired) electrons. The van der Waals surface area contributed by atoms with E-state index in [2.05, 4.69) is 95.8 Å². The van der Waals surface area contributed by atoms with Crippen molar-refractivity contribution >= 4 is 24.8 Å². The lowest BCUT2D eigenvalue weighted by Crippen LogP contribution is -1.96. The maximum Gasteiger partial charge on any atom is -0.0184 e. The molecule has 2 rings (SSSR count). The Kier molecular flexibility index (Phi) is 9.31. The summed E-state index contributed by atoms with van der Waals surface area (Å²) in [7, 11) is 0.617. The second-order valence-electron chi connectivity index (χ2n) is 6.29. The zero-order chi connectivity index (χ0) is 19.7. The van der Waals surface area contributed by atoms with Crippen LogP contribution in [0.4, 0.5) is 0 Å². The van der Waals surface area contributed by atoms with Gasteiger partial charge in [0.15, 0.2) is 0 Å². The molecule has 1 heteroatoms. The largest absolute Gasteiger partial charge is 0.0906 e. The van der Waals surface area contributed by atoms with Gasteiger partial charge >= 0.3 is 0 Å². The maximum absolute atomic E-state index is 4.30. The molecule has 2 aromatic carbocycles. The van der Waals surface area contributed by atoms with Gasteiger partial charge in [-0.05, 0) is 78.6 Å². The number of allylic oxidation sites excluding steroid dienone is 4. The molecular weight excluding hydrogens is 331 g/mol. The van der Waals surface area contributed by atoms with E-state index in [0.717, 1.165) is 0 Å². The molecule has 0 saturated carbocycles. The van der Waals surface area contributed by atoms with Crippen molar-refractivity contribution in [2.24, 2.45) is 0 Å². The summed E-state index contributed by atoms with van der Waals surface area (Å²) in [6.45, 7) is 19.0. The first-order chi connectivity index (χ1) is 12.4. The first kappa shape index (κ1) is 22.1. The summed E-state index contributed by atoms with van der Waals surface area (Å²) in [5, 5.41) is 2.55. The minimum absolute atomic E-state index is 0.617. The number of aryl methyl sites for hydroxylation is 2. The van der Waals surface area contributed by atoms with Crippen LogP contribution in [-0.2, 0) is 0 Å². The summed E-state index contributed by atoms with van der Waals surface area (Å²) >= 11 is 0. The number of benzene rings is 2. The Bertz CT molecular complexity index is 789. The minimum atomic E-state index is 0.617. The molecule has 0 bridgehead atoms. The quantitative estimate of drug-likeness (QED) is 0.377. The van der Waals surface area contributed by atoms with Crippen LogP contribution in [0.1, 0.15) is 56.9 Å². The van der Waals surface area contributed by atoms with E-state index in [4.69, 9.17) is 0 Å². The van der Waals surface area contributed by atoms with Crippen LogP contribution in [0.3, 0.4) is 0 Å². The molecule has 26 heavy (non-hydrogen) atoms. The zero-order valence-corrected chi connectivity index (χ0v) is 18.4. The molecule has 1 atom stereocenters. The molecule has 0 aliphatic heterocycles. The van der Waals surface area contributed by atoms with E-state index < -0.39 is 0 Å². The monoisotopic (exact) mass is 364 g/mol. The predicted octanol–water partition coefficient (Wildman–Crippen LogP) is 7.67. The molecule has 0 saturated heterocycles. The van der Waals surface area contributed by atoms with Gasteiger partial charge in [0.05, 0.1) is 0 Å². The second-order valence-corrected chi connectivity index (χ2v) is 7.72. The Morgan fingerprint density at radius 2 is 1.46 bits per heavy atom. The Balaban J connectivity index is 0.00000163. The van der Waals surface area contributed by atoms with E-state index in [0.29, 0.717) is 8.58 Å². The van der Waals surface area contributed by atoms with Gasteiger partial charge in [-0.25, -0.2) is 0 Å². The van der Waals surface area contributed by atoms with Gasteiger partial charge in [-0.3, -0.25) is 0 Å². The molecule has 2 aromatic rings. The molecule has 1 unspecified atom stereocenters. The van der Waals surface area contributed by atoms with Gasteiger partial charge in [0.1, 0.15) is 0 Å². The maximum atomic E-state index is 4.30. The first-order valence-electron chi connectivity index (χ1n) is 9.36. The summed E-state index contributed by atoms with van der Waals surface area (Å²) in [5.41, 5.74) is 7.83. The fourth-order valence-electron chi connectivity index (χ4n) is 2.59. The van der Waals surface area contributed by atoms with Gasteiger partial charge < -0.3 is 0 Å². The van der Waals surface area contributed by atoms with Crippen LogP contribution in [0.15, 0.2) is 66.8 Å². The van der Waals surface area contributed by atoms with Crippen molar-refractivity contribution in [1.29, 1.82) is 0 Å². The summed E-state index contributed by atoms with van der Waals surface area (Å²) < 4.78 is 0. The third kappa shape index (κ3) is 6.11. The molecule has 0 amide bonds. The van der Waals surface area contributed by atoms with E-state index in [9.17, 15) is 0 Å². The molecule has 0 nitrogen and oxygen atoms in total. The van der Waals surface area contributed by atoms with Crippen molar-refractivity contribution in [3.05, 3.63) is 89.0 Å². The van der Waals surface area contributed by atoms with Crippen molar-refractivity contribution in [2.75, 3.05) is 0 Å². The average molecular weight is 365 g/mol. The average Bonchev–Trinajstić information content (AvgIpc) is 2.66. The number of hydrogen-bond acceptors (Lipinski definition) is 0. The van der Waals surface area contributed by atoms with Crippen molar-refractivity contribution < 1.29 is 0 Å². The van der Waals surface area contributed by atoms with Gasteiger partial charge in [-0.2, -0.15) is 0 Å². The van der Waals surface area contributed by atoms with Gasteiger partial charge in [0.25, 0.3) is 0 Å². The van der Waals surface area contributed by atoms with E-state index >= 15 is 0 Å². The van der Waals surface area contributed by atoms with E-state index in [1.165, 1.54) is 44.0 Å². The normalized spacial score (nSPS) is 12.1. The number of rotatable bonds is 5. The SMILES string of the molecule is C=C(Pc1ccc(C)c(C)c1)c1ccc(/C(C)=C(C)/C=C\C)cc1.CC. The van der Waals surface area contributed by atoms with Crippen LogP contribution < -0.4 is 5.30 Å². The molecule has 0 aromatic heterocycles. The van der Waals surface area contributed by atoms with E-state index in [1.807, 2.05) is 13.8 Å². The predicted molar refractivity (Wildman–Crippen MR) is 124 cm³/mol. The Hall–Kier alpha value is -1.91. The van der Waals surface area contributed by atoms with Crippen LogP contribution >= 0.6 is 8.58 Å². The third-order valence-corrected chi connectivity index (χ3v) is 5.67. The highest BCUT2D eigenvalue weighted by Gasteiger charge is 2.04. The van der Waals surface area contributed by atoms with Crippen molar-refractivity contribution in [3.8, 4) is 0 Å². The zero-order valence-electron chi connectivity index (χ0n) is 17.4. The van der Waals surface area contributed by atoms with Crippen molar-refractivity contribution in [3.63, 3.8) is 0 Å². The molecule has 0 N–H and O–H groups in total. The molecule has 0 fully saturated rings. The van der Waals surface area contributed by atoms with Crippen LogP contribution in [0, 0.1) is 13.8 Å². The highest BCUT2D eigenvalue weighted by molar-refractivity contribution is 7.58. The summed E-state index contributed by atoms with van der Waals surface area (Å²) in [4.78, 5) is 0. The lowest BCUT2D eigenvalue weighted by molar-refractivity contribution is 1.35. The Morgan fingerprint density at radius 1 is 0.885 bits per heavy atom. The van der Waals surface area contributed by atoms with Crippen molar-refractivity contribution in [2.45, 2.75) is 48.5 Å². The van der Waals surface area contributed by atoms with Gasteiger partial charge in [0.2, 0.25) is 0 Å². The first-order valence-corrected chi connectivity index (χ1v) is 10.4. The molecule has 0 aliphatic rings. The molecule has 0 heterocycles. The second kappa shape index (κ2) is 10.9. The van der Waals surface area contributed by atoms with Gasteiger partial charge in [0, 0.05) is 0 Å². The third-order valence-electron chi connectivity index (χ3n) is 4.48. The highest BCUT2D eigenvalue weighted by atomic mass is 31.1. The van der Waals surface area contributed by atoms with Crippen molar-refractivity contribution in [1.82, 2.24) is 0 Å². The fraction of sp³-hybridized carbons (Fsp3) is 0.280. The smallest absolute Gasteiger partial charge is 0.0184 e. The molecule has 138 valence electrons. The minimum Gasteiger partial charge on any atom is -0.0906 e. The molecule has 0 aliphatic carbocycles. The fourth-order valence-corrected chi connectivity index (χ4v) is 3.70. The van der Waals surface area contributed by atoms with Gasteiger partial charge in [-0.1, -0.05) is 83.6 Å². The topological polar surface area (TPSA) is 0 Å². The standard InChI is InChI=1S/C23H27P.C2H6/c1-7-8-17(3)19(5)21-10-12-22(13-11-21)20(6)24-23-14-9-16(2)18(4)15-23;1-2/h7-15,24H,6H2,1-5H3;1-2H3/b8-7-,19-17+;. The Morgan fingerprint density at radius 3 is 2.00 bits per heavy atom. The van der Waals surface area contributed by atoms with E-state index in [-0.39, 0.29) is 0 Å². The lowest BCUT2D eigenvalue weighted by atomic mass is 10.0. The van der Waals surface area contributed by atoms with Crippen LogP contribution in [-0.4, -0.2) is 0 Å². The van der Waals surface area contributed by atoms with Crippen LogP contribution in [0.25, 0.3) is 10.9 Å². The lowest BCUT2D eigenvalue weighted by Gasteiger charge is -2.10. The summed E-state index contributed by atoms with van der Waals surface area (Å²) in [6.07, 6.45) is 4.24. The van der Waals surface area contributed by atoms with E-state index in [1.54, 1.807) is 0 Å².